The highest BCUT2D eigenvalue weighted by molar-refractivity contribution is 7.99. The largest absolute Gasteiger partial charge is 0.504 e. The van der Waals surface area contributed by atoms with Crippen LogP contribution in [0, 0.1) is 0 Å². The van der Waals surface area contributed by atoms with Crippen LogP contribution < -0.4 is 10.1 Å². The van der Waals surface area contributed by atoms with Crippen LogP contribution in [0.4, 0.5) is 0 Å². The first-order chi connectivity index (χ1) is 16.9. The molecule has 2 atom stereocenters. The second-order valence-corrected chi connectivity index (χ2v) is 10.9. The summed E-state index contributed by atoms with van der Waals surface area (Å²) in [4.78, 5) is 28.1. The minimum Gasteiger partial charge on any atom is -0.504 e. The smallest absolute Gasteiger partial charge is 0.336 e. The Morgan fingerprint density at radius 2 is 2.09 bits per heavy atom. The maximum Gasteiger partial charge on any atom is 0.336 e. The van der Waals surface area contributed by atoms with Gasteiger partial charge < -0.3 is 19.9 Å². The van der Waals surface area contributed by atoms with E-state index < -0.39 is 11.9 Å². The molecule has 8 heteroatoms. The summed E-state index contributed by atoms with van der Waals surface area (Å²) in [5.41, 5.74) is 3.30. The third-order valence-electron chi connectivity index (χ3n) is 6.28. The van der Waals surface area contributed by atoms with E-state index in [2.05, 4.69) is 18.3 Å². The third kappa shape index (κ3) is 5.43. The number of benzene rings is 1. The first-order valence-corrected chi connectivity index (χ1v) is 14.0. The number of ether oxygens (including phenoxy) is 2. The Hall–Kier alpha value is -2.71. The highest BCUT2D eigenvalue weighted by atomic mass is 32.2. The first-order valence-electron chi connectivity index (χ1n) is 11.9. The molecule has 0 radical (unpaired) electrons. The van der Waals surface area contributed by atoms with Gasteiger partial charge in [-0.15, -0.1) is 11.3 Å². The van der Waals surface area contributed by atoms with Crippen LogP contribution in [-0.4, -0.2) is 41.6 Å². The van der Waals surface area contributed by atoms with Crippen LogP contribution in [0.5, 0.6) is 11.5 Å². The number of allylic oxidation sites excluding steroid dienone is 3. The summed E-state index contributed by atoms with van der Waals surface area (Å²) >= 11 is 3.37. The maximum atomic E-state index is 13.6. The van der Waals surface area contributed by atoms with Gasteiger partial charge >= 0.3 is 5.97 Å². The molecule has 0 fully saturated rings. The van der Waals surface area contributed by atoms with Crippen LogP contribution in [-0.2, 0) is 14.3 Å². The normalized spacial score (nSPS) is 19.9. The lowest BCUT2D eigenvalue weighted by Gasteiger charge is -2.36. The van der Waals surface area contributed by atoms with Crippen molar-refractivity contribution in [1.29, 1.82) is 0 Å². The van der Waals surface area contributed by atoms with Crippen LogP contribution in [0.3, 0.4) is 0 Å². The monoisotopic (exact) mass is 513 g/mol. The fraction of sp³-hybridized carbons (Fsp3) is 0.407. The Kier molecular flexibility index (Phi) is 8.23. The molecule has 0 bridgehead atoms. The number of hydrogen-bond donors (Lipinski definition) is 2. The predicted molar refractivity (Wildman–Crippen MR) is 140 cm³/mol. The zero-order valence-corrected chi connectivity index (χ0v) is 21.9. The Morgan fingerprint density at radius 1 is 1.26 bits per heavy atom. The molecule has 1 aliphatic heterocycles. The molecule has 2 aliphatic rings. The van der Waals surface area contributed by atoms with Crippen molar-refractivity contribution in [2.24, 2.45) is 0 Å². The van der Waals surface area contributed by atoms with Crippen molar-refractivity contribution < 1.29 is 24.2 Å². The summed E-state index contributed by atoms with van der Waals surface area (Å²) in [6.07, 6.45) is 1.09. The number of thioether (sulfide) groups is 1. The molecule has 2 heterocycles. The van der Waals surface area contributed by atoms with Gasteiger partial charge in [-0.1, -0.05) is 19.1 Å². The highest BCUT2D eigenvalue weighted by Gasteiger charge is 2.41. The van der Waals surface area contributed by atoms with Crippen molar-refractivity contribution in [1.82, 2.24) is 5.32 Å². The number of phenols is 1. The molecule has 1 aromatic carbocycles. The average Bonchev–Trinajstić information content (AvgIpc) is 3.37. The summed E-state index contributed by atoms with van der Waals surface area (Å²) in [6, 6.07) is 9.12. The number of ketones is 1. The van der Waals surface area contributed by atoms with Gasteiger partial charge in [0.05, 0.1) is 12.2 Å². The predicted octanol–water partition coefficient (Wildman–Crippen LogP) is 5.51. The van der Waals surface area contributed by atoms with Gasteiger partial charge in [0.2, 0.25) is 0 Å². The topological polar surface area (TPSA) is 84.9 Å². The molecule has 6 nitrogen and oxygen atoms in total. The van der Waals surface area contributed by atoms with E-state index in [1.807, 2.05) is 25.3 Å². The van der Waals surface area contributed by atoms with E-state index in [1.54, 1.807) is 41.3 Å². The number of hydrogen-bond acceptors (Lipinski definition) is 8. The SMILES string of the molecule is CCOc1cc([C@@H]2C(C(=O)OCCSCC)=C(C)NC3=C2C(=O)C[C@H](c2cccs2)C3)ccc1O. The number of thiophene rings is 1. The van der Waals surface area contributed by atoms with Crippen molar-refractivity contribution in [2.45, 2.75) is 45.4 Å². The van der Waals surface area contributed by atoms with E-state index in [0.717, 1.165) is 22.8 Å². The van der Waals surface area contributed by atoms with E-state index >= 15 is 0 Å². The fourth-order valence-corrected chi connectivity index (χ4v) is 6.08. The first kappa shape index (κ1) is 25.4. The van der Waals surface area contributed by atoms with Crippen LogP contribution in [0.2, 0.25) is 0 Å². The zero-order valence-electron chi connectivity index (χ0n) is 20.3. The second kappa shape index (κ2) is 11.4. The van der Waals surface area contributed by atoms with Crippen molar-refractivity contribution in [3.63, 3.8) is 0 Å². The van der Waals surface area contributed by atoms with Crippen LogP contribution >= 0.6 is 23.1 Å². The van der Waals surface area contributed by atoms with Gasteiger partial charge in [0.15, 0.2) is 17.3 Å². The number of carbonyl (C=O) groups excluding carboxylic acids is 2. The molecule has 1 aliphatic carbocycles. The molecular formula is C27H31NO5S2. The molecular weight excluding hydrogens is 482 g/mol. The van der Waals surface area contributed by atoms with Crippen molar-refractivity contribution in [3.8, 4) is 11.5 Å². The minimum absolute atomic E-state index is 0.0209. The maximum absolute atomic E-state index is 13.6. The lowest BCUT2D eigenvalue weighted by Crippen LogP contribution is -2.36. The number of aromatic hydroxyl groups is 1. The van der Waals surface area contributed by atoms with Crippen molar-refractivity contribution in [3.05, 3.63) is 68.7 Å². The number of rotatable bonds is 9. The van der Waals surface area contributed by atoms with Crippen LogP contribution in [0.15, 0.2) is 58.3 Å². The Labute approximate surface area is 214 Å². The molecule has 1 aromatic heterocycles. The quantitative estimate of drug-likeness (QED) is 0.338. The van der Waals surface area contributed by atoms with Crippen LogP contribution in [0.1, 0.15) is 55.9 Å². The molecule has 0 spiro atoms. The summed E-state index contributed by atoms with van der Waals surface area (Å²) in [5, 5.41) is 15.7. The van der Waals surface area contributed by atoms with Crippen molar-refractivity contribution in [2.75, 3.05) is 24.7 Å². The molecule has 35 heavy (non-hydrogen) atoms. The third-order valence-corrected chi connectivity index (χ3v) is 8.17. The standard InChI is InChI=1S/C27H31NO5S2/c1-4-32-22-15-17(8-9-20(22)29)25-24(27(31)33-10-12-34-5-2)16(3)28-19-13-18(14-21(30)26(19)25)23-7-6-11-35-23/h6-9,11,15,18,25,28-29H,4-5,10,12-14H2,1-3H3/t18-,25-/m1/s1. The minimum atomic E-state index is -0.589. The van der Waals surface area contributed by atoms with Gasteiger partial charge in [-0.05, 0) is 55.2 Å². The van der Waals surface area contributed by atoms with Gasteiger partial charge in [-0.3, -0.25) is 4.79 Å². The van der Waals surface area contributed by atoms with Gasteiger partial charge in [0, 0.05) is 45.9 Å². The molecule has 0 amide bonds. The van der Waals surface area contributed by atoms with E-state index in [4.69, 9.17) is 9.47 Å². The fourth-order valence-electron chi connectivity index (χ4n) is 4.76. The zero-order chi connectivity index (χ0) is 24.9. The average molecular weight is 514 g/mol. The van der Waals surface area contributed by atoms with E-state index in [9.17, 15) is 14.7 Å². The molecule has 4 rings (SSSR count). The number of Topliss-reactive ketones (excluding diaryl/α,β-unsaturated/α-hetero) is 1. The van der Waals surface area contributed by atoms with Gasteiger partial charge in [0.25, 0.3) is 0 Å². The number of phenolic OH excluding ortho intramolecular Hbond substituents is 1. The van der Waals surface area contributed by atoms with E-state index in [0.29, 0.717) is 48.6 Å². The summed E-state index contributed by atoms with van der Waals surface area (Å²) in [6.45, 7) is 6.45. The molecule has 0 unspecified atom stereocenters. The Balaban J connectivity index is 1.75. The highest BCUT2D eigenvalue weighted by Crippen LogP contribution is 2.47. The number of dihydropyridines is 1. The van der Waals surface area contributed by atoms with E-state index in [1.165, 1.54) is 4.88 Å². The van der Waals surface area contributed by atoms with Gasteiger partial charge in [-0.2, -0.15) is 11.8 Å². The summed E-state index contributed by atoms with van der Waals surface area (Å²) in [7, 11) is 0. The second-order valence-electron chi connectivity index (χ2n) is 8.53. The Morgan fingerprint density at radius 3 is 2.80 bits per heavy atom. The molecule has 2 aromatic rings. The number of carbonyl (C=O) groups is 2. The van der Waals surface area contributed by atoms with Gasteiger partial charge in [0.1, 0.15) is 6.61 Å². The summed E-state index contributed by atoms with van der Waals surface area (Å²) in [5.74, 6) is 1.14. The van der Waals surface area contributed by atoms with E-state index in [-0.39, 0.29) is 17.5 Å². The molecule has 186 valence electrons. The summed E-state index contributed by atoms with van der Waals surface area (Å²) < 4.78 is 11.2. The molecule has 0 saturated carbocycles. The Bertz CT molecular complexity index is 1150. The molecule has 2 N–H and O–H groups in total. The number of esters is 1. The lowest BCUT2D eigenvalue weighted by atomic mass is 9.72. The van der Waals surface area contributed by atoms with Crippen LogP contribution in [0.25, 0.3) is 0 Å². The lowest BCUT2D eigenvalue weighted by molar-refractivity contribution is -0.138. The van der Waals surface area contributed by atoms with Crippen molar-refractivity contribution >= 4 is 34.9 Å². The number of nitrogens with one attached hydrogen (secondary N) is 1. The molecule has 0 saturated heterocycles. The van der Waals surface area contributed by atoms with Gasteiger partial charge in [-0.25, -0.2) is 4.79 Å².